The molecule has 1 aromatic heterocycles. The summed E-state index contributed by atoms with van der Waals surface area (Å²) in [4.78, 5) is 4.36. The van der Waals surface area contributed by atoms with Crippen molar-refractivity contribution >= 4 is 21.4 Å². The van der Waals surface area contributed by atoms with Crippen molar-refractivity contribution in [3.63, 3.8) is 0 Å². The van der Waals surface area contributed by atoms with Crippen LogP contribution >= 0.6 is 11.6 Å². The van der Waals surface area contributed by atoms with Gasteiger partial charge in [0.05, 0.1) is 14.8 Å². The van der Waals surface area contributed by atoms with Crippen molar-refractivity contribution in [2.45, 2.75) is 9.79 Å². The topological polar surface area (TPSA) is 56.3 Å². The van der Waals surface area contributed by atoms with E-state index in [0.717, 1.165) is 0 Å². The van der Waals surface area contributed by atoms with E-state index in [0.29, 0.717) is 10.9 Å². The quantitative estimate of drug-likeness (QED) is 0.705. The first-order valence-electron chi connectivity index (χ1n) is 6.76. The molecule has 0 bridgehead atoms. The first-order chi connectivity index (χ1) is 11.1. The third kappa shape index (κ3) is 3.36. The van der Waals surface area contributed by atoms with Gasteiger partial charge in [-0.3, -0.25) is 0 Å². The van der Waals surface area contributed by atoms with Gasteiger partial charge in [0.25, 0.3) is 0 Å². The van der Waals surface area contributed by atoms with Gasteiger partial charge in [0.2, 0.25) is 15.7 Å². The molecular formula is C17H12ClNO3S. The van der Waals surface area contributed by atoms with Crippen LogP contribution in [-0.2, 0) is 9.84 Å². The maximum Gasteiger partial charge on any atom is 0.219 e. The van der Waals surface area contributed by atoms with E-state index in [1.807, 2.05) is 0 Å². The van der Waals surface area contributed by atoms with Crippen LogP contribution in [0.3, 0.4) is 0 Å². The first kappa shape index (κ1) is 15.5. The molecule has 3 aromatic rings. The Morgan fingerprint density at radius 1 is 0.870 bits per heavy atom. The summed E-state index contributed by atoms with van der Waals surface area (Å²) in [5.41, 5.74) is 0. The number of aromatic nitrogens is 1. The average Bonchev–Trinajstić information content (AvgIpc) is 2.58. The summed E-state index contributed by atoms with van der Waals surface area (Å²) in [6.07, 6.45) is 1.58. The van der Waals surface area contributed by atoms with Gasteiger partial charge in [-0.1, -0.05) is 35.9 Å². The third-order valence-electron chi connectivity index (χ3n) is 3.12. The number of pyridine rings is 1. The van der Waals surface area contributed by atoms with Crippen LogP contribution in [-0.4, -0.2) is 13.4 Å². The maximum atomic E-state index is 12.6. The lowest BCUT2D eigenvalue weighted by molar-refractivity contribution is 0.461. The zero-order chi connectivity index (χ0) is 16.3. The largest absolute Gasteiger partial charge is 0.437 e. The van der Waals surface area contributed by atoms with E-state index in [4.69, 9.17) is 16.3 Å². The van der Waals surface area contributed by atoms with Crippen molar-refractivity contribution in [3.8, 4) is 11.6 Å². The molecule has 0 radical (unpaired) electrons. The van der Waals surface area contributed by atoms with E-state index in [1.54, 1.807) is 54.7 Å². The summed E-state index contributed by atoms with van der Waals surface area (Å²) in [6, 6.07) is 17.7. The summed E-state index contributed by atoms with van der Waals surface area (Å²) in [6.45, 7) is 0. The minimum atomic E-state index is -3.63. The van der Waals surface area contributed by atoms with E-state index in [1.165, 1.54) is 18.2 Å². The molecule has 3 rings (SSSR count). The Labute approximate surface area is 139 Å². The maximum absolute atomic E-state index is 12.6. The Balaban J connectivity index is 2.01. The van der Waals surface area contributed by atoms with Crippen molar-refractivity contribution in [3.05, 3.63) is 77.9 Å². The lowest BCUT2D eigenvalue weighted by Crippen LogP contribution is -2.02. The van der Waals surface area contributed by atoms with Gasteiger partial charge in [-0.15, -0.1) is 0 Å². The van der Waals surface area contributed by atoms with Gasteiger partial charge < -0.3 is 4.74 Å². The smallest absolute Gasteiger partial charge is 0.219 e. The zero-order valence-corrected chi connectivity index (χ0v) is 13.5. The van der Waals surface area contributed by atoms with Crippen molar-refractivity contribution in [1.29, 1.82) is 0 Å². The Bertz CT molecular complexity index is 913. The molecule has 0 N–H and O–H groups in total. The molecule has 6 heteroatoms. The third-order valence-corrected chi connectivity index (χ3v) is 5.20. The molecule has 1 heterocycles. The van der Waals surface area contributed by atoms with Crippen LogP contribution in [0.5, 0.6) is 11.6 Å². The van der Waals surface area contributed by atoms with Crippen molar-refractivity contribution < 1.29 is 13.2 Å². The van der Waals surface area contributed by atoms with Crippen LogP contribution in [0, 0.1) is 0 Å². The van der Waals surface area contributed by atoms with E-state index in [9.17, 15) is 8.42 Å². The fourth-order valence-electron chi connectivity index (χ4n) is 1.98. The summed E-state index contributed by atoms with van der Waals surface area (Å²) < 4.78 is 30.8. The summed E-state index contributed by atoms with van der Waals surface area (Å²) >= 11 is 6.09. The van der Waals surface area contributed by atoms with Gasteiger partial charge in [-0.2, -0.15) is 0 Å². The van der Waals surface area contributed by atoms with Gasteiger partial charge in [-0.25, -0.2) is 13.4 Å². The molecule has 0 atom stereocenters. The Hall–Kier alpha value is -2.37. The summed E-state index contributed by atoms with van der Waals surface area (Å²) in [5, 5.41) is 0.308. The van der Waals surface area contributed by atoms with Gasteiger partial charge in [-0.05, 0) is 30.3 Å². The molecule has 23 heavy (non-hydrogen) atoms. The highest BCUT2D eigenvalue weighted by Crippen LogP contribution is 2.32. The second-order valence-corrected chi connectivity index (χ2v) is 7.04. The normalized spacial score (nSPS) is 11.2. The van der Waals surface area contributed by atoms with Crippen LogP contribution in [0.15, 0.2) is 82.7 Å². The molecule has 0 unspecified atom stereocenters. The number of rotatable bonds is 4. The molecule has 0 aliphatic rings. The molecule has 0 amide bonds. The summed E-state index contributed by atoms with van der Waals surface area (Å²) in [7, 11) is -3.63. The van der Waals surface area contributed by atoms with Gasteiger partial charge in [0, 0.05) is 18.3 Å². The average molecular weight is 346 g/mol. The lowest BCUT2D eigenvalue weighted by atomic mass is 10.3. The van der Waals surface area contributed by atoms with Crippen molar-refractivity contribution in [1.82, 2.24) is 4.98 Å². The number of hydrogen-bond donors (Lipinski definition) is 0. The first-order valence-corrected chi connectivity index (χ1v) is 8.62. The minimum Gasteiger partial charge on any atom is -0.437 e. The van der Waals surface area contributed by atoms with Gasteiger partial charge >= 0.3 is 0 Å². The van der Waals surface area contributed by atoms with Crippen LogP contribution in [0.2, 0.25) is 5.02 Å². The monoisotopic (exact) mass is 345 g/mol. The molecule has 0 spiro atoms. The Morgan fingerprint density at radius 2 is 1.61 bits per heavy atom. The lowest BCUT2D eigenvalue weighted by Gasteiger charge is -2.09. The highest BCUT2D eigenvalue weighted by Gasteiger charge is 2.19. The zero-order valence-electron chi connectivity index (χ0n) is 11.9. The Kier molecular flexibility index (Phi) is 4.32. The van der Waals surface area contributed by atoms with Crippen LogP contribution in [0.1, 0.15) is 0 Å². The predicted octanol–water partition coefficient (Wildman–Crippen LogP) is 4.36. The highest BCUT2D eigenvalue weighted by atomic mass is 35.5. The molecule has 2 aromatic carbocycles. The number of nitrogens with zero attached hydrogens (tertiary/aromatic N) is 1. The predicted molar refractivity (Wildman–Crippen MR) is 87.7 cm³/mol. The fourth-order valence-corrected chi connectivity index (χ4v) is 3.44. The SMILES string of the molecule is O=S(=O)(c1ccccc1)c1ccc(Cl)c(Oc2ccccn2)c1. The molecule has 0 aliphatic carbocycles. The van der Waals surface area contributed by atoms with Crippen molar-refractivity contribution in [2.75, 3.05) is 0 Å². The molecule has 0 saturated carbocycles. The summed E-state index contributed by atoms with van der Waals surface area (Å²) in [5.74, 6) is 0.575. The molecule has 0 fully saturated rings. The van der Waals surface area contributed by atoms with Gasteiger partial charge in [0.15, 0.2) is 0 Å². The second-order valence-electron chi connectivity index (χ2n) is 4.68. The van der Waals surface area contributed by atoms with E-state index in [-0.39, 0.29) is 15.5 Å². The molecule has 0 saturated heterocycles. The number of sulfone groups is 1. The minimum absolute atomic E-state index is 0.110. The van der Waals surface area contributed by atoms with Gasteiger partial charge in [0.1, 0.15) is 5.75 Å². The second kappa shape index (κ2) is 6.40. The number of benzene rings is 2. The van der Waals surface area contributed by atoms with Crippen molar-refractivity contribution in [2.24, 2.45) is 0 Å². The van der Waals surface area contributed by atoms with Crippen LogP contribution in [0.4, 0.5) is 0 Å². The number of ether oxygens (including phenoxy) is 1. The molecule has 4 nitrogen and oxygen atoms in total. The van der Waals surface area contributed by atoms with Crippen LogP contribution < -0.4 is 4.74 Å². The van der Waals surface area contributed by atoms with E-state index < -0.39 is 9.84 Å². The van der Waals surface area contributed by atoms with E-state index in [2.05, 4.69) is 4.98 Å². The Morgan fingerprint density at radius 3 is 2.30 bits per heavy atom. The number of halogens is 1. The van der Waals surface area contributed by atoms with E-state index >= 15 is 0 Å². The highest BCUT2D eigenvalue weighted by molar-refractivity contribution is 7.91. The number of hydrogen-bond acceptors (Lipinski definition) is 4. The van der Waals surface area contributed by atoms with Crippen LogP contribution in [0.25, 0.3) is 0 Å². The molecule has 116 valence electrons. The molecule has 0 aliphatic heterocycles. The molecular weight excluding hydrogens is 334 g/mol. The fraction of sp³-hybridized carbons (Fsp3) is 0. The standard InChI is InChI=1S/C17H12ClNO3S/c18-15-10-9-14(23(20,21)13-6-2-1-3-7-13)12-16(15)22-17-8-4-5-11-19-17/h1-12H.